The van der Waals surface area contributed by atoms with E-state index in [1.165, 1.54) is 33.3 Å². The Labute approximate surface area is 122 Å². The lowest BCUT2D eigenvalue weighted by Crippen LogP contribution is -2.24. The first-order valence-electron chi connectivity index (χ1n) is 6.15. The van der Waals surface area contributed by atoms with Crippen LogP contribution in [0, 0.1) is 0 Å². The highest BCUT2D eigenvalue weighted by Gasteiger charge is 2.36. The van der Waals surface area contributed by atoms with E-state index in [1.807, 2.05) is 0 Å². The van der Waals surface area contributed by atoms with Crippen LogP contribution in [0.2, 0.25) is 0 Å². The number of carbonyl (C=O) groups is 2. The first kappa shape index (κ1) is 15.2. The van der Waals surface area contributed by atoms with Crippen molar-refractivity contribution < 1.29 is 27.5 Å². The maximum absolute atomic E-state index is 12.5. The normalized spacial score (nSPS) is 14.5. The third kappa shape index (κ3) is 2.33. The van der Waals surface area contributed by atoms with Crippen molar-refractivity contribution in [2.45, 2.75) is 6.92 Å². The SMILES string of the molecule is CCS(=O)(=O)C1=CC(=O)c2c(OC)ccc(OC)c2C1=O. The molecule has 0 atom stereocenters. The topological polar surface area (TPSA) is 86.7 Å². The molecule has 0 saturated heterocycles. The van der Waals surface area contributed by atoms with Gasteiger partial charge in [-0.05, 0) is 12.1 Å². The zero-order chi connectivity index (χ0) is 15.8. The van der Waals surface area contributed by atoms with Crippen LogP contribution in [0.25, 0.3) is 0 Å². The van der Waals surface area contributed by atoms with E-state index in [0.717, 1.165) is 6.08 Å². The quantitative estimate of drug-likeness (QED) is 0.835. The highest BCUT2D eigenvalue weighted by molar-refractivity contribution is 7.96. The van der Waals surface area contributed by atoms with Crippen LogP contribution in [0.5, 0.6) is 11.5 Å². The predicted octanol–water partition coefficient (Wildman–Crippen LogP) is 1.40. The van der Waals surface area contributed by atoms with Gasteiger partial charge in [-0.3, -0.25) is 9.59 Å². The minimum Gasteiger partial charge on any atom is -0.496 e. The number of fused-ring (bicyclic) bond motifs is 1. The number of rotatable bonds is 4. The van der Waals surface area contributed by atoms with Crippen molar-refractivity contribution in [2.24, 2.45) is 0 Å². The Hall–Kier alpha value is -2.15. The highest BCUT2D eigenvalue weighted by atomic mass is 32.2. The molecule has 6 nitrogen and oxygen atoms in total. The summed E-state index contributed by atoms with van der Waals surface area (Å²) < 4.78 is 34.1. The van der Waals surface area contributed by atoms with Gasteiger partial charge in [0, 0.05) is 6.08 Å². The van der Waals surface area contributed by atoms with Crippen molar-refractivity contribution in [1.29, 1.82) is 0 Å². The van der Waals surface area contributed by atoms with Crippen LogP contribution >= 0.6 is 0 Å². The monoisotopic (exact) mass is 310 g/mol. The van der Waals surface area contributed by atoms with Crippen LogP contribution in [0.3, 0.4) is 0 Å². The minimum absolute atomic E-state index is 0.0249. The van der Waals surface area contributed by atoms with E-state index >= 15 is 0 Å². The van der Waals surface area contributed by atoms with E-state index in [9.17, 15) is 18.0 Å². The molecule has 0 spiro atoms. The second kappa shape index (κ2) is 5.33. The molecular formula is C14H14O6S. The van der Waals surface area contributed by atoms with Gasteiger partial charge in [-0.1, -0.05) is 6.92 Å². The van der Waals surface area contributed by atoms with E-state index < -0.39 is 26.3 Å². The number of carbonyl (C=O) groups excluding carboxylic acids is 2. The van der Waals surface area contributed by atoms with E-state index in [0.29, 0.717) is 0 Å². The fourth-order valence-corrected chi connectivity index (χ4v) is 3.12. The molecule has 2 rings (SSSR count). The Bertz CT molecular complexity index is 758. The number of Topliss-reactive ketones (excluding diaryl/α,β-unsaturated/α-hetero) is 1. The Morgan fingerprint density at radius 3 is 2.00 bits per heavy atom. The Morgan fingerprint density at radius 2 is 1.52 bits per heavy atom. The third-order valence-electron chi connectivity index (χ3n) is 3.24. The Balaban J connectivity index is 2.78. The Kier molecular flexibility index (Phi) is 3.87. The molecule has 0 saturated carbocycles. The van der Waals surface area contributed by atoms with Crippen molar-refractivity contribution in [2.75, 3.05) is 20.0 Å². The molecule has 0 amide bonds. The number of ether oxygens (including phenoxy) is 2. The van der Waals surface area contributed by atoms with Crippen LogP contribution < -0.4 is 9.47 Å². The maximum atomic E-state index is 12.5. The van der Waals surface area contributed by atoms with E-state index in [-0.39, 0.29) is 28.4 Å². The molecule has 1 aliphatic rings. The zero-order valence-corrected chi connectivity index (χ0v) is 12.6. The van der Waals surface area contributed by atoms with Crippen molar-refractivity contribution in [3.05, 3.63) is 34.2 Å². The van der Waals surface area contributed by atoms with Gasteiger partial charge in [-0.25, -0.2) is 8.42 Å². The first-order valence-corrected chi connectivity index (χ1v) is 7.81. The smallest absolute Gasteiger partial charge is 0.209 e. The second-order valence-electron chi connectivity index (χ2n) is 4.33. The van der Waals surface area contributed by atoms with Crippen molar-refractivity contribution in [3.8, 4) is 11.5 Å². The number of hydrogen-bond acceptors (Lipinski definition) is 6. The molecule has 112 valence electrons. The molecular weight excluding hydrogens is 296 g/mol. The summed E-state index contributed by atoms with van der Waals surface area (Å²) in [6.07, 6.45) is 0.853. The molecule has 0 N–H and O–H groups in total. The molecule has 0 aliphatic heterocycles. The van der Waals surface area contributed by atoms with Gasteiger partial charge in [0.25, 0.3) is 0 Å². The lowest BCUT2D eigenvalue weighted by molar-refractivity contribution is 0.0985. The van der Waals surface area contributed by atoms with Crippen LogP contribution in [0.4, 0.5) is 0 Å². The molecule has 1 aromatic rings. The molecule has 21 heavy (non-hydrogen) atoms. The number of benzene rings is 1. The first-order chi connectivity index (χ1) is 9.87. The summed E-state index contributed by atoms with van der Waals surface area (Å²) in [6.45, 7) is 1.41. The summed E-state index contributed by atoms with van der Waals surface area (Å²) in [6, 6.07) is 2.96. The summed E-state index contributed by atoms with van der Waals surface area (Å²) in [7, 11) is -1.09. The summed E-state index contributed by atoms with van der Waals surface area (Å²) in [5.41, 5.74) is -0.0479. The summed E-state index contributed by atoms with van der Waals surface area (Å²) >= 11 is 0. The van der Waals surface area contributed by atoms with Gasteiger partial charge in [0.1, 0.15) is 16.4 Å². The predicted molar refractivity (Wildman–Crippen MR) is 75.8 cm³/mol. The van der Waals surface area contributed by atoms with E-state index in [2.05, 4.69) is 0 Å². The van der Waals surface area contributed by atoms with Gasteiger partial charge in [0.05, 0.1) is 31.1 Å². The number of hydrogen-bond donors (Lipinski definition) is 0. The number of methoxy groups -OCH3 is 2. The van der Waals surface area contributed by atoms with Gasteiger partial charge in [0.15, 0.2) is 15.6 Å². The number of allylic oxidation sites excluding steroid dienone is 2. The van der Waals surface area contributed by atoms with E-state index in [4.69, 9.17) is 9.47 Å². The molecule has 0 fully saturated rings. The zero-order valence-electron chi connectivity index (χ0n) is 11.8. The second-order valence-corrected chi connectivity index (χ2v) is 6.57. The minimum atomic E-state index is -3.80. The van der Waals surface area contributed by atoms with Crippen molar-refractivity contribution >= 4 is 21.4 Å². The molecule has 1 aromatic carbocycles. The molecule has 0 aromatic heterocycles. The van der Waals surface area contributed by atoms with Gasteiger partial charge >= 0.3 is 0 Å². The fraction of sp³-hybridized carbons (Fsp3) is 0.286. The standard InChI is InChI=1S/C14H14O6S/c1-4-21(17,18)11-7-8(15)12-9(19-2)5-6-10(20-3)13(12)14(11)16/h5-7H,4H2,1-3H3. The summed E-state index contributed by atoms with van der Waals surface area (Å²) in [5.74, 6) is -1.26. The molecule has 0 bridgehead atoms. The highest BCUT2D eigenvalue weighted by Crippen LogP contribution is 2.36. The molecule has 1 aliphatic carbocycles. The van der Waals surface area contributed by atoms with Gasteiger partial charge in [-0.15, -0.1) is 0 Å². The van der Waals surface area contributed by atoms with Crippen LogP contribution in [0.15, 0.2) is 23.1 Å². The maximum Gasteiger partial charge on any atom is 0.209 e. The average molecular weight is 310 g/mol. The van der Waals surface area contributed by atoms with E-state index in [1.54, 1.807) is 0 Å². The summed E-state index contributed by atoms with van der Waals surface area (Å²) in [5, 5.41) is 0. The van der Waals surface area contributed by atoms with Crippen molar-refractivity contribution in [3.63, 3.8) is 0 Å². The molecule has 7 heteroatoms. The lowest BCUT2D eigenvalue weighted by Gasteiger charge is -2.19. The summed E-state index contributed by atoms with van der Waals surface area (Å²) in [4.78, 5) is 24.2. The van der Waals surface area contributed by atoms with Crippen LogP contribution in [-0.4, -0.2) is 40.0 Å². The van der Waals surface area contributed by atoms with Crippen LogP contribution in [-0.2, 0) is 9.84 Å². The number of ketones is 2. The van der Waals surface area contributed by atoms with Crippen molar-refractivity contribution in [1.82, 2.24) is 0 Å². The fourth-order valence-electron chi connectivity index (χ4n) is 2.14. The molecule has 0 heterocycles. The number of sulfone groups is 1. The van der Waals surface area contributed by atoms with Gasteiger partial charge < -0.3 is 9.47 Å². The lowest BCUT2D eigenvalue weighted by atomic mass is 9.93. The van der Waals surface area contributed by atoms with Gasteiger partial charge in [0.2, 0.25) is 5.78 Å². The Morgan fingerprint density at radius 1 is 1.00 bits per heavy atom. The largest absolute Gasteiger partial charge is 0.496 e. The molecule has 0 unspecified atom stereocenters. The third-order valence-corrected chi connectivity index (χ3v) is 4.98. The average Bonchev–Trinajstić information content (AvgIpc) is 2.49. The van der Waals surface area contributed by atoms with Gasteiger partial charge in [-0.2, -0.15) is 0 Å². The molecule has 0 radical (unpaired) electrons. The van der Waals surface area contributed by atoms with Crippen LogP contribution in [0.1, 0.15) is 27.6 Å².